The van der Waals surface area contributed by atoms with Gasteiger partial charge < -0.3 is 10.5 Å². The summed E-state index contributed by atoms with van der Waals surface area (Å²) in [4.78, 5) is 11.9. The van der Waals surface area contributed by atoms with Gasteiger partial charge in [0.2, 0.25) is 0 Å². The molecule has 0 radical (unpaired) electrons. The number of halogens is 3. The second kappa shape index (κ2) is 6.11. The molecule has 2 N–H and O–H groups in total. The number of rotatable bonds is 3. The molecule has 0 aromatic heterocycles. The number of carbonyl (C=O) groups excluding carboxylic acids is 1. The number of hydrogen-bond acceptors (Lipinski definition) is 3. The zero-order valence-corrected chi connectivity index (χ0v) is 11.7. The Morgan fingerprint density at radius 3 is 2.60 bits per heavy atom. The maximum Gasteiger partial charge on any atom is 0.340 e. The first-order valence-electron chi connectivity index (χ1n) is 5.63. The number of ether oxygens (including phenoxy) is 1. The van der Waals surface area contributed by atoms with Gasteiger partial charge in [0.1, 0.15) is 12.4 Å². The molecule has 2 rings (SSSR count). The molecular weight excluding hydrogens is 304 g/mol. The van der Waals surface area contributed by atoms with Crippen molar-refractivity contribution in [3.63, 3.8) is 0 Å². The molecule has 0 atom stereocenters. The van der Waals surface area contributed by atoms with E-state index in [9.17, 15) is 9.18 Å². The van der Waals surface area contributed by atoms with Crippen molar-refractivity contribution in [3.8, 4) is 0 Å². The van der Waals surface area contributed by atoms with E-state index in [2.05, 4.69) is 0 Å². The maximum atomic E-state index is 13.1. The Morgan fingerprint density at radius 1 is 1.15 bits per heavy atom. The van der Waals surface area contributed by atoms with E-state index in [4.69, 9.17) is 33.7 Å². The molecule has 20 heavy (non-hydrogen) atoms. The van der Waals surface area contributed by atoms with E-state index >= 15 is 0 Å². The summed E-state index contributed by atoms with van der Waals surface area (Å²) in [5.74, 6) is -1.11. The van der Waals surface area contributed by atoms with Crippen LogP contribution < -0.4 is 5.73 Å². The molecule has 0 amide bonds. The standard InChI is InChI=1S/C14H10Cl2FNO2/c15-12-3-1-9(17)5-8(12)7-20-14(19)11-6-10(18)2-4-13(11)16/h1-6H,7,18H2. The van der Waals surface area contributed by atoms with E-state index in [1.807, 2.05) is 0 Å². The number of carbonyl (C=O) groups is 1. The van der Waals surface area contributed by atoms with Crippen LogP contribution in [0.25, 0.3) is 0 Å². The summed E-state index contributed by atoms with van der Waals surface area (Å²) in [5.41, 5.74) is 6.50. The van der Waals surface area contributed by atoms with Gasteiger partial charge in [-0.3, -0.25) is 0 Å². The predicted octanol–water partition coefficient (Wildman–Crippen LogP) is 4.07. The van der Waals surface area contributed by atoms with Gasteiger partial charge in [-0.05, 0) is 36.4 Å². The lowest BCUT2D eigenvalue weighted by Gasteiger charge is -2.08. The largest absolute Gasteiger partial charge is 0.457 e. The second-order valence-electron chi connectivity index (χ2n) is 4.05. The molecule has 0 bridgehead atoms. The fourth-order valence-corrected chi connectivity index (χ4v) is 1.94. The Balaban J connectivity index is 2.12. The first-order valence-corrected chi connectivity index (χ1v) is 6.39. The van der Waals surface area contributed by atoms with Crippen molar-refractivity contribution in [2.24, 2.45) is 0 Å². The van der Waals surface area contributed by atoms with Crippen molar-refractivity contribution in [2.45, 2.75) is 6.61 Å². The summed E-state index contributed by atoms with van der Waals surface area (Å²) in [5, 5.41) is 0.549. The van der Waals surface area contributed by atoms with E-state index in [1.54, 1.807) is 6.07 Å². The summed E-state index contributed by atoms with van der Waals surface area (Å²) in [6, 6.07) is 8.32. The molecule has 2 aromatic rings. The van der Waals surface area contributed by atoms with Crippen LogP contribution in [0.3, 0.4) is 0 Å². The minimum absolute atomic E-state index is 0.152. The van der Waals surface area contributed by atoms with Crippen molar-refractivity contribution in [1.29, 1.82) is 0 Å². The predicted molar refractivity (Wildman–Crippen MR) is 76.4 cm³/mol. The molecule has 0 fully saturated rings. The molecule has 0 aliphatic rings. The average molecular weight is 314 g/mol. The molecule has 0 spiro atoms. The molecule has 104 valence electrons. The van der Waals surface area contributed by atoms with Gasteiger partial charge in [-0.1, -0.05) is 23.2 Å². The van der Waals surface area contributed by atoms with Crippen LogP contribution in [-0.4, -0.2) is 5.97 Å². The van der Waals surface area contributed by atoms with Crippen molar-refractivity contribution >= 4 is 34.9 Å². The molecule has 0 unspecified atom stereocenters. The van der Waals surface area contributed by atoms with E-state index in [0.717, 1.165) is 0 Å². The third kappa shape index (κ3) is 3.40. The van der Waals surface area contributed by atoms with Crippen LogP contribution in [0, 0.1) is 5.82 Å². The second-order valence-corrected chi connectivity index (χ2v) is 4.87. The van der Waals surface area contributed by atoms with Gasteiger partial charge in [-0.2, -0.15) is 0 Å². The molecule has 0 aliphatic carbocycles. The molecule has 0 saturated heterocycles. The normalized spacial score (nSPS) is 10.3. The van der Waals surface area contributed by atoms with Gasteiger partial charge >= 0.3 is 5.97 Å². The highest BCUT2D eigenvalue weighted by Crippen LogP contribution is 2.22. The monoisotopic (exact) mass is 313 g/mol. The fraction of sp³-hybridized carbons (Fsp3) is 0.0714. The summed E-state index contributed by atoms with van der Waals surface area (Å²) >= 11 is 11.8. The van der Waals surface area contributed by atoms with Crippen molar-refractivity contribution < 1.29 is 13.9 Å². The van der Waals surface area contributed by atoms with E-state index in [1.165, 1.54) is 30.3 Å². The highest BCUT2D eigenvalue weighted by molar-refractivity contribution is 6.33. The zero-order chi connectivity index (χ0) is 14.7. The van der Waals surface area contributed by atoms with Gasteiger partial charge in [0.15, 0.2) is 0 Å². The number of esters is 1. The number of anilines is 1. The van der Waals surface area contributed by atoms with Gasteiger partial charge in [0.05, 0.1) is 10.6 Å². The van der Waals surface area contributed by atoms with Crippen LogP contribution in [0.15, 0.2) is 36.4 Å². The molecule has 0 aliphatic heterocycles. The van der Waals surface area contributed by atoms with Crippen LogP contribution in [-0.2, 0) is 11.3 Å². The van der Waals surface area contributed by atoms with Gasteiger partial charge in [-0.25, -0.2) is 9.18 Å². The van der Waals surface area contributed by atoms with Crippen molar-refractivity contribution in [2.75, 3.05) is 5.73 Å². The Labute approximate surface area is 125 Å². The first kappa shape index (κ1) is 14.6. The van der Waals surface area contributed by atoms with Crippen LogP contribution >= 0.6 is 23.2 Å². The number of nitrogens with two attached hydrogens (primary N) is 1. The topological polar surface area (TPSA) is 52.3 Å². The smallest absolute Gasteiger partial charge is 0.340 e. The van der Waals surface area contributed by atoms with Crippen molar-refractivity contribution in [3.05, 3.63) is 63.4 Å². The van der Waals surface area contributed by atoms with Gasteiger partial charge in [-0.15, -0.1) is 0 Å². The molecule has 2 aromatic carbocycles. The first-order chi connectivity index (χ1) is 9.47. The fourth-order valence-electron chi connectivity index (χ4n) is 1.57. The molecule has 0 saturated carbocycles. The van der Waals surface area contributed by atoms with Gasteiger partial charge in [0, 0.05) is 16.3 Å². The summed E-state index contributed by atoms with van der Waals surface area (Å²) in [6.07, 6.45) is 0. The molecule has 3 nitrogen and oxygen atoms in total. The summed E-state index contributed by atoms with van der Waals surface area (Å²) in [7, 11) is 0. The number of benzene rings is 2. The van der Waals surface area contributed by atoms with Crippen molar-refractivity contribution in [1.82, 2.24) is 0 Å². The minimum Gasteiger partial charge on any atom is -0.457 e. The summed E-state index contributed by atoms with van der Waals surface area (Å²) in [6.45, 7) is -0.152. The highest BCUT2D eigenvalue weighted by Gasteiger charge is 2.13. The van der Waals surface area contributed by atoms with E-state index in [-0.39, 0.29) is 17.2 Å². The SMILES string of the molecule is Nc1ccc(Cl)c(C(=O)OCc2cc(F)ccc2Cl)c1. The van der Waals surface area contributed by atoms with Crippen LogP contribution in [0.4, 0.5) is 10.1 Å². The number of nitrogen functional groups attached to an aromatic ring is 1. The Hall–Kier alpha value is -1.78. The Bertz CT molecular complexity index is 662. The average Bonchev–Trinajstić information content (AvgIpc) is 2.42. The molecule has 0 heterocycles. The lowest BCUT2D eigenvalue weighted by atomic mass is 10.2. The van der Waals surface area contributed by atoms with Crippen LogP contribution in [0.2, 0.25) is 10.0 Å². The van der Waals surface area contributed by atoms with Crippen LogP contribution in [0.1, 0.15) is 15.9 Å². The quantitative estimate of drug-likeness (QED) is 0.686. The van der Waals surface area contributed by atoms with Crippen LogP contribution in [0.5, 0.6) is 0 Å². The van der Waals surface area contributed by atoms with Gasteiger partial charge in [0.25, 0.3) is 0 Å². The summed E-state index contributed by atoms with van der Waals surface area (Å²) < 4.78 is 18.1. The Morgan fingerprint density at radius 2 is 1.85 bits per heavy atom. The van der Waals surface area contributed by atoms with E-state index < -0.39 is 11.8 Å². The number of hydrogen-bond donors (Lipinski definition) is 1. The third-order valence-corrected chi connectivity index (χ3v) is 3.28. The minimum atomic E-state index is -0.650. The maximum absolute atomic E-state index is 13.1. The zero-order valence-electron chi connectivity index (χ0n) is 10.2. The lowest BCUT2D eigenvalue weighted by molar-refractivity contribution is 0.0472. The third-order valence-electron chi connectivity index (χ3n) is 2.58. The highest BCUT2D eigenvalue weighted by atomic mass is 35.5. The van der Waals surface area contributed by atoms with E-state index in [0.29, 0.717) is 16.3 Å². The molecule has 6 heteroatoms. The Kier molecular flexibility index (Phi) is 4.47. The molecular formula is C14H10Cl2FNO2. The lowest BCUT2D eigenvalue weighted by Crippen LogP contribution is -2.07.